The van der Waals surface area contributed by atoms with Gasteiger partial charge >= 0.3 is 0 Å². The molecule has 0 N–H and O–H groups in total. The maximum absolute atomic E-state index is 5.89. The first-order chi connectivity index (χ1) is 10.4. The molecule has 0 saturated carbocycles. The predicted molar refractivity (Wildman–Crippen MR) is 79.0 cm³/mol. The van der Waals surface area contributed by atoms with Crippen molar-refractivity contribution in [3.05, 3.63) is 24.2 Å². The lowest BCUT2D eigenvalue weighted by molar-refractivity contribution is 0.0514. The van der Waals surface area contributed by atoms with Gasteiger partial charge in [0.05, 0.1) is 0 Å². The second-order valence-corrected chi connectivity index (χ2v) is 5.97. The summed E-state index contributed by atoms with van der Waals surface area (Å²) in [7, 11) is 0. The number of aromatic nitrogens is 3. The monoisotopic (exact) mass is 287 g/mol. The molecule has 0 aliphatic carbocycles. The number of hydrogen-bond donors (Lipinski definition) is 0. The van der Waals surface area contributed by atoms with Crippen molar-refractivity contribution in [1.82, 2.24) is 14.5 Å². The molecule has 1 unspecified atom stereocenters. The summed E-state index contributed by atoms with van der Waals surface area (Å²) < 4.78 is 13.6. The Hall–Kier alpha value is -1.46. The summed E-state index contributed by atoms with van der Waals surface area (Å²) in [6.45, 7) is 2.60. The van der Waals surface area contributed by atoms with Crippen molar-refractivity contribution in [2.45, 2.75) is 38.3 Å². The van der Waals surface area contributed by atoms with Crippen LogP contribution >= 0.6 is 0 Å². The number of pyridine rings is 1. The Balaban J connectivity index is 1.70. The largest absolute Gasteiger partial charge is 0.381 e. The molecule has 2 aliphatic heterocycles. The molecule has 2 aromatic rings. The minimum absolute atomic E-state index is 0.111. The molecule has 1 atom stereocenters. The Kier molecular flexibility index (Phi) is 3.61. The molecule has 0 radical (unpaired) electrons. The number of rotatable bonds is 3. The lowest BCUT2D eigenvalue weighted by atomic mass is 9.96. The number of imidazole rings is 1. The van der Waals surface area contributed by atoms with Gasteiger partial charge in [0, 0.05) is 32.4 Å². The summed E-state index contributed by atoms with van der Waals surface area (Å²) in [4.78, 5) is 9.37. The van der Waals surface area contributed by atoms with Crippen molar-refractivity contribution in [2.24, 2.45) is 5.92 Å². The number of hydrogen-bond acceptors (Lipinski definition) is 4. The van der Waals surface area contributed by atoms with E-state index < -0.39 is 0 Å². The maximum Gasteiger partial charge on any atom is 0.162 e. The highest BCUT2D eigenvalue weighted by Gasteiger charge is 2.26. The maximum atomic E-state index is 5.89. The van der Waals surface area contributed by atoms with Crippen LogP contribution < -0.4 is 0 Å². The van der Waals surface area contributed by atoms with Crippen molar-refractivity contribution in [1.29, 1.82) is 0 Å². The zero-order valence-corrected chi connectivity index (χ0v) is 12.2. The van der Waals surface area contributed by atoms with Gasteiger partial charge in [-0.15, -0.1) is 0 Å². The second kappa shape index (κ2) is 5.73. The van der Waals surface area contributed by atoms with E-state index >= 15 is 0 Å². The summed E-state index contributed by atoms with van der Waals surface area (Å²) in [6.07, 6.45) is 7.38. The molecule has 21 heavy (non-hydrogen) atoms. The molecule has 2 aromatic heterocycles. The van der Waals surface area contributed by atoms with Crippen molar-refractivity contribution in [3.8, 4) is 0 Å². The Morgan fingerprint density at radius 2 is 2.10 bits per heavy atom. The molecule has 4 rings (SSSR count). The van der Waals surface area contributed by atoms with E-state index in [1.807, 2.05) is 18.3 Å². The second-order valence-electron chi connectivity index (χ2n) is 5.97. The summed E-state index contributed by atoms with van der Waals surface area (Å²) >= 11 is 0. The van der Waals surface area contributed by atoms with Crippen LogP contribution in [-0.4, -0.2) is 34.4 Å². The van der Waals surface area contributed by atoms with Crippen LogP contribution in [0.1, 0.15) is 37.7 Å². The molecule has 0 aromatic carbocycles. The van der Waals surface area contributed by atoms with E-state index in [1.54, 1.807) is 0 Å². The van der Waals surface area contributed by atoms with Crippen molar-refractivity contribution < 1.29 is 9.47 Å². The van der Waals surface area contributed by atoms with Crippen molar-refractivity contribution >= 4 is 11.2 Å². The van der Waals surface area contributed by atoms with Gasteiger partial charge in [-0.3, -0.25) is 4.57 Å². The van der Waals surface area contributed by atoms with E-state index in [0.29, 0.717) is 5.92 Å². The summed E-state index contributed by atoms with van der Waals surface area (Å²) in [6, 6.07) is 3.99. The number of fused-ring (bicyclic) bond motifs is 1. The SMILES string of the molecule is c1cnc2c(c1)nc(CC1CCOCC1)n2C1CCCO1. The first-order valence-corrected chi connectivity index (χ1v) is 7.93. The minimum atomic E-state index is 0.111. The fourth-order valence-electron chi connectivity index (χ4n) is 3.40. The predicted octanol–water partition coefficient (Wildman–Crippen LogP) is 2.71. The highest BCUT2D eigenvalue weighted by Crippen LogP contribution is 2.30. The summed E-state index contributed by atoms with van der Waals surface area (Å²) in [5.41, 5.74) is 1.95. The average Bonchev–Trinajstić information content (AvgIpc) is 3.14. The molecule has 0 spiro atoms. The quantitative estimate of drug-likeness (QED) is 0.871. The van der Waals surface area contributed by atoms with E-state index in [2.05, 4.69) is 9.55 Å². The van der Waals surface area contributed by atoms with E-state index in [9.17, 15) is 0 Å². The van der Waals surface area contributed by atoms with Gasteiger partial charge in [0.2, 0.25) is 0 Å². The third-order valence-corrected chi connectivity index (χ3v) is 4.53. The highest BCUT2D eigenvalue weighted by molar-refractivity contribution is 5.71. The van der Waals surface area contributed by atoms with Crippen molar-refractivity contribution in [2.75, 3.05) is 19.8 Å². The molecular weight excluding hydrogens is 266 g/mol. The molecule has 0 amide bonds. The number of nitrogens with zero attached hydrogens (tertiary/aromatic N) is 3. The first-order valence-electron chi connectivity index (χ1n) is 7.93. The van der Waals surface area contributed by atoms with Crippen LogP contribution in [0.2, 0.25) is 0 Å². The van der Waals surface area contributed by atoms with Crippen LogP contribution in [-0.2, 0) is 15.9 Å². The van der Waals surface area contributed by atoms with Crippen LogP contribution in [0.4, 0.5) is 0 Å². The average molecular weight is 287 g/mol. The zero-order chi connectivity index (χ0) is 14.1. The zero-order valence-electron chi connectivity index (χ0n) is 12.2. The molecule has 112 valence electrons. The number of ether oxygens (including phenoxy) is 2. The molecule has 2 fully saturated rings. The molecule has 2 aliphatic rings. The lowest BCUT2D eigenvalue weighted by Crippen LogP contribution is -2.20. The van der Waals surface area contributed by atoms with Crippen molar-refractivity contribution in [3.63, 3.8) is 0 Å². The third kappa shape index (κ3) is 2.56. The standard InChI is InChI=1S/C16H21N3O2/c1-3-13-16(17-7-1)19(15-4-2-8-21-15)14(18-13)11-12-5-9-20-10-6-12/h1,3,7,12,15H,2,4-6,8-11H2. The highest BCUT2D eigenvalue weighted by atomic mass is 16.5. The van der Waals surface area contributed by atoms with Gasteiger partial charge in [0.25, 0.3) is 0 Å². The molecular formula is C16H21N3O2. The Morgan fingerprint density at radius 3 is 2.90 bits per heavy atom. The van der Waals surface area contributed by atoms with Gasteiger partial charge in [-0.1, -0.05) is 0 Å². The van der Waals surface area contributed by atoms with Crippen LogP contribution in [0, 0.1) is 5.92 Å². The topological polar surface area (TPSA) is 49.2 Å². The Morgan fingerprint density at radius 1 is 1.19 bits per heavy atom. The van der Waals surface area contributed by atoms with E-state index in [-0.39, 0.29) is 6.23 Å². The Bertz CT molecular complexity index is 613. The third-order valence-electron chi connectivity index (χ3n) is 4.53. The van der Waals surface area contributed by atoms with Crippen LogP contribution in [0.15, 0.2) is 18.3 Å². The van der Waals surface area contributed by atoms with Crippen LogP contribution in [0.25, 0.3) is 11.2 Å². The molecule has 5 heteroatoms. The molecule has 2 saturated heterocycles. The molecule has 4 heterocycles. The normalized spacial score (nSPS) is 23.9. The van der Waals surface area contributed by atoms with Gasteiger partial charge in [-0.25, -0.2) is 9.97 Å². The van der Waals surface area contributed by atoms with Gasteiger partial charge in [0.1, 0.15) is 17.6 Å². The smallest absolute Gasteiger partial charge is 0.162 e. The summed E-state index contributed by atoms with van der Waals surface area (Å²) in [5, 5.41) is 0. The van der Waals surface area contributed by atoms with Gasteiger partial charge in [-0.2, -0.15) is 0 Å². The van der Waals surface area contributed by atoms with Gasteiger partial charge in [0.15, 0.2) is 5.65 Å². The fourth-order valence-corrected chi connectivity index (χ4v) is 3.40. The lowest BCUT2D eigenvalue weighted by Gasteiger charge is -2.23. The van der Waals surface area contributed by atoms with Crippen LogP contribution in [0.5, 0.6) is 0 Å². The fraction of sp³-hybridized carbons (Fsp3) is 0.625. The van der Waals surface area contributed by atoms with E-state index in [0.717, 1.165) is 68.9 Å². The summed E-state index contributed by atoms with van der Waals surface area (Å²) in [5.74, 6) is 1.79. The Labute approximate surface area is 124 Å². The van der Waals surface area contributed by atoms with Crippen LogP contribution in [0.3, 0.4) is 0 Å². The van der Waals surface area contributed by atoms with Gasteiger partial charge in [-0.05, 0) is 43.7 Å². The minimum Gasteiger partial charge on any atom is -0.381 e. The van der Waals surface area contributed by atoms with Gasteiger partial charge < -0.3 is 9.47 Å². The first kappa shape index (κ1) is 13.2. The molecule has 0 bridgehead atoms. The van der Waals surface area contributed by atoms with E-state index in [4.69, 9.17) is 14.5 Å². The molecule has 5 nitrogen and oxygen atoms in total. The van der Waals surface area contributed by atoms with E-state index in [1.165, 1.54) is 0 Å².